The Balaban J connectivity index is 1.33. The van der Waals surface area contributed by atoms with Crippen molar-refractivity contribution in [2.45, 2.75) is 71.1 Å². The van der Waals surface area contributed by atoms with Crippen molar-refractivity contribution in [1.29, 1.82) is 0 Å². The Hall–Kier alpha value is -2.85. The third-order valence-electron chi connectivity index (χ3n) is 6.73. The van der Waals surface area contributed by atoms with Crippen molar-refractivity contribution >= 4 is 22.4 Å². The summed E-state index contributed by atoms with van der Waals surface area (Å²) in [5.74, 6) is 0.187. The number of hydrogen-bond acceptors (Lipinski definition) is 2. The molecule has 1 heterocycles. The fraction of sp³-hybridized carbons (Fsp3) is 0.355. The monoisotopic (exact) mass is 506 g/mol. The number of nitrogens with zero attached hydrogens (tertiary/aromatic N) is 2. The van der Waals surface area contributed by atoms with E-state index in [0.717, 1.165) is 41.6 Å². The number of fused-ring (bicyclic) bond motifs is 1. The Labute approximate surface area is 217 Å². The van der Waals surface area contributed by atoms with E-state index >= 15 is 4.39 Å². The zero-order valence-corrected chi connectivity index (χ0v) is 21.6. The molecule has 36 heavy (non-hydrogen) atoms. The van der Waals surface area contributed by atoms with E-state index in [-0.39, 0.29) is 10.8 Å². The molecule has 0 saturated carbocycles. The maximum absolute atomic E-state index is 15.2. The molecule has 0 atom stereocenters. The molecule has 1 aromatic heterocycles. The summed E-state index contributed by atoms with van der Waals surface area (Å²) in [6.45, 7) is 2.23. The molecule has 188 valence electrons. The fourth-order valence-corrected chi connectivity index (χ4v) is 4.66. The molecule has 0 N–H and O–H groups in total. The fourth-order valence-electron chi connectivity index (χ4n) is 4.54. The highest BCUT2D eigenvalue weighted by atomic mass is 35.5. The second-order valence-corrected chi connectivity index (χ2v) is 9.92. The van der Waals surface area contributed by atoms with Crippen LogP contribution in [-0.4, -0.2) is 9.97 Å². The Morgan fingerprint density at radius 1 is 0.694 bits per heavy atom. The number of aryl methyl sites for hydroxylation is 5. The predicted octanol–water partition coefficient (Wildman–Crippen LogP) is 8.64. The van der Waals surface area contributed by atoms with Crippen molar-refractivity contribution in [3.05, 3.63) is 106 Å². The van der Waals surface area contributed by atoms with Crippen LogP contribution in [0.3, 0.4) is 0 Å². The molecule has 0 amide bonds. The number of halogens is 3. The van der Waals surface area contributed by atoms with Gasteiger partial charge in [-0.25, -0.2) is 18.7 Å². The van der Waals surface area contributed by atoms with Gasteiger partial charge >= 0.3 is 0 Å². The van der Waals surface area contributed by atoms with Gasteiger partial charge in [0.2, 0.25) is 0 Å². The van der Waals surface area contributed by atoms with Crippen LogP contribution in [0.5, 0.6) is 0 Å². The van der Waals surface area contributed by atoms with E-state index in [1.54, 1.807) is 12.1 Å². The molecule has 2 nitrogen and oxygen atoms in total. The lowest BCUT2D eigenvalue weighted by Gasteiger charge is -2.09. The average Bonchev–Trinajstić information content (AvgIpc) is 2.89. The largest absolute Gasteiger partial charge is 0.241 e. The van der Waals surface area contributed by atoms with Crippen molar-refractivity contribution in [3.63, 3.8) is 0 Å². The van der Waals surface area contributed by atoms with E-state index in [0.29, 0.717) is 23.8 Å². The lowest BCUT2D eigenvalue weighted by molar-refractivity contribution is 0.617. The Bertz CT molecular complexity index is 1290. The quantitative estimate of drug-likeness (QED) is 0.180. The number of aromatic nitrogens is 2. The van der Waals surface area contributed by atoms with Crippen LogP contribution in [0.15, 0.2) is 60.9 Å². The van der Waals surface area contributed by atoms with E-state index in [1.807, 2.05) is 42.7 Å². The van der Waals surface area contributed by atoms with Crippen LogP contribution in [0.1, 0.15) is 67.1 Å². The average molecular weight is 507 g/mol. The first-order chi connectivity index (χ1) is 17.5. The molecule has 0 unspecified atom stereocenters. The Morgan fingerprint density at radius 3 is 2.19 bits per heavy atom. The molecule has 0 aliphatic carbocycles. The Morgan fingerprint density at radius 2 is 1.42 bits per heavy atom. The second kappa shape index (κ2) is 12.9. The summed E-state index contributed by atoms with van der Waals surface area (Å²) in [4.78, 5) is 9.10. The smallest absolute Gasteiger partial charge is 0.142 e. The molecule has 0 spiro atoms. The molecular formula is C31H33ClF2N2. The van der Waals surface area contributed by atoms with Gasteiger partial charge in [0.05, 0.1) is 5.02 Å². The molecule has 0 bridgehead atoms. The SMILES string of the molecule is CCCCCCCc1cnc(CCc2ccc3c(F)c(CCc4ccc(Cl)c(F)c4)ccc3c2)nc1. The number of hydrogen-bond donors (Lipinski definition) is 0. The second-order valence-electron chi connectivity index (χ2n) is 9.51. The van der Waals surface area contributed by atoms with Gasteiger partial charge < -0.3 is 0 Å². The van der Waals surface area contributed by atoms with E-state index in [4.69, 9.17) is 11.6 Å². The number of rotatable bonds is 12. The van der Waals surface area contributed by atoms with Gasteiger partial charge in [-0.2, -0.15) is 0 Å². The molecule has 0 fully saturated rings. The Kier molecular flexibility index (Phi) is 9.41. The van der Waals surface area contributed by atoms with Crippen LogP contribution in [0, 0.1) is 11.6 Å². The lowest BCUT2D eigenvalue weighted by Crippen LogP contribution is -2.00. The summed E-state index contributed by atoms with van der Waals surface area (Å²) in [5.41, 5.74) is 3.77. The summed E-state index contributed by atoms with van der Waals surface area (Å²) in [6, 6.07) is 14.4. The summed E-state index contributed by atoms with van der Waals surface area (Å²) in [7, 11) is 0. The number of benzene rings is 3. The third kappa shape index (κ3) is 7.10. The van der Waals surface area contributed by atoms with E-state index in [9.17, 15) is 4.39 Å². The highest BCUT2D eigenvalue weighted by molar-refractivity contribution is 6.30. The maximum atomic E-state index is 15.2. The minimum atomic E-state index is -0.445. The predicted molar refractivity (Wildman–Crippen MR) is 145 cm³/mol. The van der Waals surface area contributed by atoms with Crippen molar-refractivity contribution in [1.82, 2.24) is 9.97 Å². The molecule has 4 aromatic rings. The maximum Gasteiger partial charge on any atom is 0.142 e. The van der Waals surface area contributed by atoms with Gasteiger partial charge in [0.15, 0.2) is 0 Å². The summed E-state index contributed by atoms with van der Waals surface area (Å²) >= 11 is 5.75. The molecular weight excluding hydrogens is 474 g/mol. The zero-order chi connectivity index (χ0) is 25.3. The van der Waals surface area contributed by atoms with Gasteiger partial charge in [-0.05, 0) is 71.9 Å². The summed E-state index contributed by atoms with van der Waals surface area (Å²) in [6.07, 6.45) is 13.9. The standard InChI is InChI=1S/C31H33ClF2N2/c1-2-3-4-5-6-7-24-20-35-30(36-21-24)17-11-22-9-15-27-26(18-22)14-13-25(31(27)34)12-8-23-10-16-28(32)29(33)19-23/h9-10,13-16,18-21H,2-8,11-12,17H2,1H3. The minimum absolute atomic E-state index is 0.100. The normalized spacial score (nSPS) is 11.3. The van der Waals surface area contributed by atoms with Crippen LogP contribution in [-0.2, 0) is 32.1 Å². The molecule has 0 aliphatic rings. The zero-order valence-electron chi connectivity index (χ0n) is 20.9. The molecule has 0 radical (unpaired) electrons. The van der Waals surface area contributed by atoms with Crippen molar-refractivity contribution < 1.29 is 8.78 Å². The topological polar surface area (TPSA) is 25.8 Å². The first-order valence-corrected chi connectivity index (χ1v) is 13.3. The molecule has 0 aliphatic heterocycles. The first-order valence-electron chi connectivity index (χ1n) is 13.0. The van der Waals surface area contributed by atoms with Gasteiger partial charge in [0.1, 0.15) is 17.5 Å². The molecule has 3 aromatic carbocycles. The van der Waals surface area contributed by atoms with Crippen LogP contribution in [0.4, 0.5) is 8.78 Å². The minimum Gasteiger partial charge on any atom is -0.241 e. The molecule has 5 heteroatoms. The van der Waals surface area contributed by atoms with Gasteiger partial charge in [-0.15, -0.1) is 0 Å². The van der Waals surface area contributed by atoms with Crippen molar-refractivity contribution in [3.8, 4) is 0 Å². The molecule has 4 rings (SSSR count). The lowest BCUT2D eigenvalue weighted by atomic mass is 9.98. The van der Waals surface area contributed by atoms with Crippen molar-refractivity contribution in [2.24, 2.45) is 0 Å². The van der Waals surface area contributed by atoms with Crippen LogP contribution < -0.4 is 0 Å². The molecule has 0 saturated heterocycles. The summed E-state index contributed by atoms with van der Waals surface area (Å²) in [5, 5.41) is 1.59. The third-order valence-corrected chi connectivity index (χ3v) is 7.04. The number of unbranched alkanes of at least 4 members (excludes halogenated alkanes) is 4. The van der Waals surface area contributed by atoms with Gasteiger partial charge in [0.25, 0.3) is 0 Å². The van der Waals surface area contributed by atoms with E-state index in [1.165, 1.54) is 43.7 Å². The highest BCUT2D eigenvalue weighted by Gasteiger charge is 2.10. The van der Waals surface area contributed by atoms with Crippen LogP contribution in [0.2, 0.25) is 5.02 Å². The van der Waals surface area contributed by atoms with E-state index in [2.05, 4.69) is 16.9 Å². The van der Waals surface area contributed by atoms with Crippen molar-refractivity contribution in [2.75, 3.05) is 0 Å². The van der Waals surface area contributed by atoms with Gasteiger partial charge in [0, 0.05) is 24.2 Å². The van der Waals surface area contributed by atoms with Crippen LogP contribution in [0.25, 0.3) is 10.8 Å². The first kappa shape index (κ1) is 26.2. The van der Waals surface area contributed by atoms with Crippen LogP contribution >= 0.6 is 11.6 Å². The van der Waals surface area contributed by atoms with E-state index < -0.39 is 5.82 Å². The van der Waals surface area contributed by atoms with Gasteiger partial charge in [-0.3, -0.25) is 0 Å². The summed E-state index contributed by atoms with van der Waals surface area (Å²) < 4.78 is 28.9. The highest BCUT2D eigenvalue weighted by Crippen LogP contribution is 2.25. The van der Waals surface area contributed by atoms with Gasteiger partial charge in [-0.1, -0.05) is 80.6 Å².